The van der Waals surface area contributed by atoms with Gasteiger partial charge in [-0.1, -0.05) is 6.07 Å². The summed E-state index contributed by atoms with van der Waals surface area (Å²) in [7, 11) is 0. The third kappa shape index (κ3) is 9.03. The molecule has 0 fully saturated rings. The standard InChI is InChI=1S/C21H27N5O2S.3ClH/c1-14-4-5-15(11-24-14)10-16-12-25-20(26-19(16)27)23-8-9-29-13-17-6-7-18(28-17)21(2,3)22;;;/h4-7,11-12H,8-10,13,22H2,1-3H3,(H2,23,25,26,27);3*1H. The molecule has 0 unspecified atom stereocenters. The Balaban J connectivity index is 0.00000320. The van der Waals surface area contributed by atoms with E-state index >= 15 is 0 Å². The number of H-pyrrole nitrogens is 1. The number of furan rings is 1. The maximum Gasteiger partial charge on any atom is 0.255 e. The Labute approximate surface area is 211 Å². The Morgan fingerprint density at radius 2 is 1.88 bits per heavy atom. The first-order valence-corrected chi connectivity index (χ1v) is 10.7. The fraction of sp³-hybridized carbons (Fsp3) is 0.381. The van der Waals surface area contributed by atoms with Gasteiger partial charge in [-0.15, -0.1) is 37.2 Å². The van der Waals surface area contributed by atoms with Gasteiger partial charge < -0.3 is 15.5 Å². The van der Waals surface area contributed by atoms with E-state index in [9.17, 15) is 4.79 Å². The molecular weight excluding hydrogens is 493 g/mol. The molecule has 0 aliphatic carbocycles. The second-order valence-corrected chi connectivity index (χ2v) is 8.64. The number of aromatic amines is 1. The summed E-state index contributed by atoms with van der Waals surface area (Å²) in [5, 5.41) is 3.15. The summed E-state index contributed by atoms with van der Waals surface area (Å²) in [6.45, 7) is 6.46. The van der Waals surface area contributed by atoms with Crippen molar-refractivity contribution in [2.24, 2.45) is 5.73 Å². The quantitative estimate of drug-likeness (QED) is 0.356. The summed E-state index contributed by atoms with van der Waals surface area (Å²) in [6, 6.07) is 7.80. The highest BCUT2D eigenvalue weighted by Crippen LogP contribution is 2.22. The van der Waals surface area contributed by atoms with Gasteiger partial charge in [0, 0.05) is 42.4 Å². The molecule has 4 N–H and O–H groups in total. The summed E-state index contributed by atoms with van der Waals surface area (Å²) in [5.74, 6) is 3.79. The first-order chi connectivity index (χ1) is 13.8. The van der Waals surface area contributed by atoms with Gasteiger partial charge >= 0.3 is 0 Å². The second-order valence-electron chi connectivity index (χ2n) is 7.54. The number of rotatable bonds is 9. The summed E-state index contributed by atoms with van der Waals surface area (Å²) in [4.78, 5) is 23.6. The number of aromatic nitrogens is 3. The lowest BCUT2D eigenvalue weighted by atomic mass is 10.0. The van der Waals surface area contributed by atoms with E-state index in [0.717, 1.165) is 34.3 Å². The number of pyridine rings is 1. The van der Waals surface area contributed by atoms with Gasteiger partial charge in [-0.2, -0.15) is 11.8 Å². The largest absolute Gasteiger partial charge is 0.463 e. The summed E-state index contributed by atoms with van der Waals surface area (Å²) in [6.07, 6.45) is 3.91. The van der Waals surface area contributed by atoms with Gasteiger partial charge in [-0.3, -0.25) is 14.8 Å². The van der Waals surface area contributed by atoms with Crippen LogP contribution in [0.15, 0.2) is 45.9 Å². The zero-order valence-corrected chi connectivity index (χ0v) is 21.5. The second kappa shape index (κ2) is 13.7. The third-order valence-corrected chi connectivity index (χ3v) is 5.30. The summed E-state index contributed by atoms with van der Waals surface area (Å²) >= 11 is 1.74. The number of anilines is 1. The van der Waals surface area contributed by atoms with E-state index in [4.69, 9.17) is 10.2 Å². The Hall–Kier alpha value is -1.71. The number of nitrogens with zero attached hydrogens (tertiary/aromatic N) is 2. The van der Waals surface area contributed by atoms with Crippen LogP contribution in [0.1, 0.15) is 42.2 Å². The predicted octanol–water partition coefficient (Wildman–Crippen LogP) is 4.46. The lowest BCUT2D eigenvalue weighted by molar-refractivity contribution is 0.381. The first kappa shape index (κ1) is 30.3. The van der Waals surface area contributed by atoms with Crippen LogP contribution < -0.4 is 16.6 Å². The molecular formula is C21H30Cl3N5O2S. The van der Waals surface area contributed by atoms with Gasteiger partial charge in [0.05, 0.1) is 11.3 Å². The van der Waals surface area contributed by atoms with Crippen LogP contribution in [-0.4, -0.2) is 27.2 Å². The van der Waals surface area contributed by atoms with Crippen LogP contribution in [0.5, 0.6) is 0 Å². The van der Waals surface area contributed by atoms with E-state index in [0.29, 0.717) is 24.5 Å². The molecule has 0 spiro atoms. The van der Waals surface area contributed by atoms with Crippen LogP contribution in [0.3, 0.4) is 0 Å². The van der Waals surface area contributed by atoms with Crippen LogP contribution >= 0.6 is 49.0 Å². The van der Waals surface area contributed by atoms with Crippen molar-refractivity contribution in [1.29, 1.82) is 0 Å². The topological polar surface area (TPSA) is 110 Å². The molecule has 0 saturated carbocycles. The van der Waals surface area contributed by atoms with E-state index in [-0.39, 0.29) is 42.8 Å². The monoisotopic (exact) mass is 521 g/mol. The van der Waals surface area contributed by atoms with Crippen molar-refractivity contribution in [2.45, 2.75) is 38.5 Å². The average molecular weight is 523 g/mol. The zero-order chi connectivity index (χ0) is 20.9. The van der Waals surface area contributed by atoms with Crippen LogP contribution in [0.4, 0.5) is 5.95 Å². The van der Waals surface area contributed by atoms with Crippen molar-refractivity contribution in [3.63, 3.8) is 0 Å². The van der Waals surface area contributed by atoms with Crippen LogP contribution in [0.25, 0.3) is 0 Å². The number of hydrogen-bond acceptors (Lipinski definition) is 7. The summed E-state index contributed by atoms with van der Waals surface area (Å²) < 4.78 is 5.77. The van der Waals surface area contributed by atoms with Crippen molar-refractivity contribution in [3.05, 3.63) is 75.4 Å². The highest BCUT2D eigenvalue weighted by atomic mass is 35.5. The van der Waals surface area contributed by atoms with E-state index in [1.165, 1.54) is 0 Å². The van der Waals surface area contributed by atoms with Crippen molar-refractivity contribution in [3.8, 4) is 0 Å². The van der Waals surface area contributed by atoms with E-state index < -0.39 is 5.54 Å². The molecule has 0 radical (unpaired) electrons. The molecule has 0 aromatic carbocycles. The SMILES string of the molecule is Cc1ccc(Cc2cnc(NCCSCc3ccc(C(C)(C)N)o3)[nH]c2=O)cn1.Cl.Cl.Cl. The van der Waals surface area contributed by atoms with Gasteiger partial charge in [0.25, 0.3) is 5.56 Å². The average Bonchev–Trinajstić information content (AvgIpc) is 3.15. The minimum atomic E-state index is -0.468. The van der Waals surface area contributed by atoms with Crippen LogP contribution in [0, 0.1) is 6.92 Å². The summed E-state index contributed by atoms with van der Waals surface area (Å²) in [5.41, 5.74) is 7.98. The lowest BCUT2D eigenvalue weighted by Gasteiger charge is -2.14. The van der Waals surface area contributed by atoms with Crippen molar-refractivity contribution in [1.82, 2.24) is 15.0 Å². The van der Waals surface area contributed by atoms with Gasteiger partial charge in [-0.05, 0) is 44.5 Å². The minimum Gasteiger partial charge on any atom is -0.463 e. The Kier molecular flexibility index (Phi) is 13.0. The highest BCUT2D eigenvalue weighted by Gasteiger charge is 2.18. The number of thioether (sulfide) groups is 1. The number of nitrogens with two attached hydrogens (primary N) is 1. The molecule has 0 saturated heterocycles. The first-order valence-electron chi connectivity index (χ1n) is 9.50. The number of halogens is 3. The van der Waals surface area contributed by atoms with Crippen molar-refractivity contribution in [2.75, 3.05) is 17.6 Å². The molecule has 3 rings (SSSR count). The molecule has 7 nitrogen and oxygen atoms in total. The van der Waals surface area contributed by atoms with Gasteiger partial charge in [0.1, 0.15) is 11.5 Å². The molecule has 0 bridgehead atoms. The van der Waals surface area contributed by atoms with Crippen molar-refractivity contribution >= 4 is 54.9 Å². The third-order valence-electron chi connectivity index (χ3n) is 4.32. The van der Waals surface area contributed by atoms with Crippen molar-refractivity contribution < 1.29 is 4.42 Å². The Bertz CT molecular complexity index is 1000. The maximum absolute atomic E-state index is 12.3. The maximum atomic E-state index is 12.3. The molecule has 3 aromatic rings. The molecule has 3 aromatic heterocycles. The lowest BCUT2D eigenvalue weighted by Crippen LogP contribution is -2.27. The molecule has 32 heavy (non-hydrogen) atoms. The highest BCUT2D eigenvalue weighted by molar-refractivity contribution is 7.98. The molecule has 0 aliphatic rings. The predicted molar refractivity (Wildman–Crippen MR) is 139 cm³/mol. The van der Waals surface area contributed by atoms with Gasteiger partial charge in [0.15, 0.2) is 0 Å². The van der Waals surface area contributed by atoms with E-state index in [1.54, 1.807) is 24.2 Å². The fourth-order valence-electron chi connectivity index (χ4n) is 2.68. The zero-order valence-electron chi connectivity index (χ0n) is 18.2. The Morgan fingerprint density at radius 1 is 1.12 bits per heavy atom. The number of nitrogens with one attached hydrogen (secondary N) is 2. The fourth-order valence-corrected chi connectivity index (χ4v) is 3.42. The van der Waals surface area contributed by atoms with Crippen LogP contribution in [0.2, 0.25) is 0 Å². The minimum absolute atomic E-state index is 0. The van der Waals surface area contributed by atoms with Gasteiger partial charge in [0.2, 0.25) is 5.95 Å². The Morgan fingerprint density at radius 3 is 2.47 bits per heavy atom. The molecule has 178 valence electrons. The number of aryl methyl sites for hydroxylation is 1. The number of hydrogen-bond donors (Lipinski definition) is 3. The molecule has 0 aliphatic heterocycles. The molecule has 0 amide bonds. The van der Waals surface area contributed by atoms with E-state index in [1.807, 2.05) is 45.0 Å². The van der Waals surface area contributed by atoms with Crippen LogP contribution in [-0.2, 0) is 17.7 Å². The molecule has 3 heterocycles. The normalized spacial score (nSPS) is 10.5. The molecule has 11 heteroatoms. The van der Waals surface area contributed by atoms with Gasteiger partial charge in [-0.25, -0.2) is 4.98 Å². The van der Waals surface area contributed by atoms with E-state index in [2.05, 4.69) is 20.3 Å². The smallest absolute Gasteiger partial charge is 0.255 e. The molecule has 0 atom stereocenters.